The van der Waals surface area contributed by atoms with E-state index >= 15 is 0 Å². The van der Waals surface area contributed by atoms with E-state index in [1.165, 1.54) is 7.11 Å². The fraction of sp³-hybridized carbons (Fsp3) is 1.00. The highest BCUT2D eigenvalue weighted by atomic mass is 35.5. The molecule has 2 nitrogen and oxygen atoms in total. The van der Waals surface area contributed by atoms with Crippen molar-refractivity contribution >= 4 is 11.6 Å². The summed E-state index contributed by atoms with van der Waals surface area (Å²) in [5.74, 6) is 0. The van der Waals surface area contributed by atoms with Crippen LogP contribution in [0, 0.1) is 0 Å². The second-order valence-corrected chi connectivity index (χ2v) is 1.64. The number of hydrogen-bond donors (Lipinski definition) is 1. The predicted octanol–water partition coefficient (Wildman–Crippen LogP) is 0.580. The van der Waals surface area contributed by atoms with Crippen LogP contribution in [0.1, 0.15) is 6.42 Å². The number of halogens is 1. The van der Waals surface area contributed by atoms with Gasteiger partial charge in [-0.1, -0.05) is 11.6 Å². The number of rotatable bonds is 3. The molecule has 0 bridgehead atoms. The van der Waals surface area contributed by atoms with Gasteiger partial charge in [0.15, 0.2) is 0 Å². The lowest BCUT2D eigenvalue weighted by Crippen LogP contribution is -2.02. The Bertz CT molecular complexity index is 40.7. The van der Waals surface area contributed by atoms with Gasteiger partial charge in [-0.05, 0) is 0 Å². The molecule has 0 aromatic heterocycles. The first-order chi connectivity index (χ1) is 3.31. The minimum Gasteiger partial charge on any atom is -0.396 e. The highest BCUT2D eigenvalue weighted by Crippen LogP contribution is 1.99. The van der Waals surface area contributed by atoms with Gasteiger partial charge in [-0.25, -0.2) is 0 Å². The third kappa shape index (κ3) is 4.05. The van der Waals surface area contributed by atoms with E-state index in [4.69, 9.17) is 16.7 Å². The molecule has 0 aromatic carbocycles. The summed E-state index contributed by atoms with van der Waals surface area (Å²) in [5, 5.41) is 8.20. The molecule has 0 spiro atoms. The lowest BCUT2D eigenvalue weighted by atomic mass is 10.5. The van der Waals surface area contributed by atoms with Crippen LogP contribution in [-0.4, -0.2) is 24.4 Å². The molecule has 0 amide bonds. The summed E-state index contributed by atoms with van der Waals surface area (Å²) in [6, 6.07) is 0. The Morgan fingerprint density at radius 2 is 2.43 bits per heavy atom. The van der Waals surface area contributed by atoms with Crippen molar-refractivity contribution in [1.29, 1.82) is 0 Å². The van der Waals surface area contributed by atoms with Crippen molar-refractivity contribution in [1.82, 2.24) is 0 Å². The number of alkyl halides is 1. The molecule has 7 heavy (non-hydrogen) atoms. The van der Waals surface area contributed by atoms with Gasteiger partial charge in [-0.2, -0.15) is 0 Å². The molecule has 0 fully saturated rings. The van der Waals surface area contributed by atoms with Crippen molar-refractivity contribution in [2.24, 2.45) is 0 Å². The van der Waals surface area contributed by atoms with E-state index in [2.05, 4.69) is 4.74 Å². The highest BCUT2D eigenvalue weighted by Gasteiger charge is 1.96. The molecule has 0 aliphatic carbocycles. The van der Waals surface area contributed by atoms with Gasteiger partial charge in [-0.3, -0.25) is 0 Å². The van der Waals surface area contributed by atoms with Crippen molar-refractivity contribution < 1.29 is 9.84 Å². The Morgan fingerprint density at radius 1 is 1.86 bits per heavy atom. The van der Waals surface area contributed by atoms with E-state index in [0.29, 0.717) is 6.42 Å². The van der Waals surface area contributed by atoms with Crippen LogP contribution in [0.15, 0.2) is 0 Å². The average Bonchev–Trinajstić information content (AvgIpc) is 1.68. The SMILES string of the molecule is COC(Cl)CCO. The van der Waals surface area contributed by atoms with Gasteiger partial charge in [0.1, 0.15) is 5.56 Å². The molecule has 0 aromatic rings. The fourth-order valence-corrected chi connectivity index (χ4v) is 0.317. The Morgan fingerprint density at radius 3 is 2.57 bits per heavy atom. The van der Waals surface area contributed by atoms with Crippen molar-refractivity contribution in [2.75, 3.05) is 13.7 Å². The molecule has 1 N–H and O–H groups in total. The summed E-state index contributed by atoms with van der Waals surface area (Å²) in [5.41, 5.74) is -0.329. The quantitative estimate of drug-likeness (QED) is 0.558. The smallest absolute Gasteiger partial charge is 0.133 e. The lowest BCUT2D eigenvalue weighted by molar-refractivity contribution is 0.136. The molecule has 0 saturated heterocycles. The number of aliphatic hydroxyl groups excluding tert-OH is 1. The maximum absolute atomic E-state index is 8.20. The lowest BCUT2D eigenvalue weighted by Gasteiger charge is -2.01. The summed E-state index contributed by atoms with van der Waals surface area (Å²) >= 11 is 5.38. The summed E-state index contributed by atoms with van der Waals surface area (Å²) in [4.78, 5) is 0. The number of hydrogen-bond acceptors (Lipinski definition) is 2. The van der Waals surface area contributed by atoms with Gasteiger partial charge in [0, 0.05) is 20.1 Å². The highest BCUT2D eigenvalue weighted by molar-refractivity contribution is 6.19. The van der Waals surface area contributed by atoms with E-state index in [0.717, 1.165) is 0 Å². The van der Waals surface area contributed by atoms with Gasteiger partial charge in [0.05, 0.1) is 0 Å². The molecule has 0 saturated carbocycles. The van der Waals surface area contributed by atoms with Gasteiger partial charge < -0.3 is 9.84 Å². The van der Waals surface area contributed by atoms with Gasteiger partial charge in [0.2, 0.25) is 0 Å². The van der Waals surface area contributed by atoms with Gasteiger partial charge >= 0.3 is 0 Å². The van der Waals surface area contributed by atoms with Crippen LogP contribution < -0.4 is 0 Å². The second-order valence-electron chi connectivity index (χ2n) is 1.16. The van der Waals surface area contributed by atoms with E-state index in [1.807, 2.05) is 0 Å². The normalized spacial score (nSPS) is 14.1. The van der Waals surface area contributed by atoms with Gasteiger partial charge in [0.25, 0.3) is 0 Å². The van der Waals surface area contributed by atoms with Crippen LogP contribution in [0.2, 0.25) is 0 Å². The molecular weight excluding hydrogens is 115 g/mol. The molecule has 1 unspecified atom stereocenters. The Hall–Kier alpha value is 0.210. The van der Waals surface area contributed by atoms with Crippen LogP contribution in [0.5, 0.6) is 0 Å². The molecule has 0 heterocycles. The first-order valence-corrected chi connectivity index (χ1v) is 2.52. The number of aliphatic hydroxyl groups is 1. The number of methoxy groups -OCH3 is 1. The van der Waals surface area contributed by atoms with Crippen molar-refractivity contribution in [3.05, 3.63) is 0 Å². The molecule has 0 rings (SSSR count). The Labute approximate surface area is 48.0 Å². The Kier molecular flexibility index (Phi) is 4.50. The minimum absolute atomic E-state index is 0.0853. The second kappa shape index (κ2) is 4.37. The standard InChI is InChI=1S/C4H9ClO2/c1-7-4(5)2-3-6/h4,6H,2-3H2,1H3. The maximum atomic E-state index is 8.20. The zero-order valence-electron chi connectivity index (χ0n) is 4.22. The van der Waals surface area contributed by atoms with Crippen LogP contribution in [-0.2, 0) is 4.74 Å². The average molecular weight is 125 g/mol. The molecule has 0 radical (unpaired) electrons. The molecule has 1 atom stereocenters. The van der Waals surface area contributed by atoms with E-state index in [-0.39, 0.29) is 12.2 Å². The number of ether oxygens (including phenoxy) is 1. The van der Waals surface area contributed by atoms with E-state index < -0.39 is 0 Å². The minimum atomic E-state index is -0.329. The van der Waals surface area contributed by atoms with E-state index in [1.54, 1.807) is 0 Å². The largest absolute Gasteiger partial charge is 0.396 e. The molecule has 44 valence electrons. The van der Waals surface area contributed by atoms with Crippen molar-refractivity contribution in [2.45, 2.75) is 12.0 Å². The summed E-state index contributed by atoms with van der Waals surface area (Å²) < 4.78 is 4.60. The topological polar surface area (TPSA) is 29.5 Å². The summed E-state index contributed by atoms with van der Waals surface area (Å²) in [6.07, 6.45) is 0.498. The molecule has 0 aliphatic heterocycles. The van der Waals surface area contributed by atoms with Crippen LogP contribution in [0.4, 0.5) is 0 Å². The predicted molar refractivity (Wildman–Crippen MR) is 28.4 cm³/mol. The third-order valence-corrected chi connectivity index (χ3v) is 1.01. The zero-order valence-corrected chi connectivity index (χ0v) is 4.98. The maximum Gasteiger partial charge on any atom is 0.133 e. The van der Waals surface area contributed by atoms with Crippen molar-refractivity contribution in [3.8, 4) is 0 Å². The zero-order chi connectivity index (χ0) is 5.70. The summed E-state index contributed by atoms with van der Waals surface area (Å²) in [6.45, 7) is 0.0853. The summed E-state index contributed by atoms with van der Waals surface area (Å²) in [7, 11) is 1.51. The van der Waals surface area contributed by atoms with Crippen LogP contribution in [0.3, 0.4) is 0 Å². The monoisotopic (exact) mass is 124 g/mol. The molecular formula is C4H9ClO2. The van der Waals surface area contributed by atoms with E-state index in [9.17, 15) is 0 Å². The molecule has 3 heteroatoms. The fourth-order valence-electron chi connectivity index (χ4n) is 0.219. The molecule has 0 aliphatic rings. The first-order valence-electron chi connectivity index (χ1n) is 2.09. The van der Waals surface area contributed by atoms with Gasteiger partial charge in [-0.15, -0.1) is 0 Å². The Balaban J connectivity index is 2.83. The van der Waals surface area contributed by atoms with Crippen LogP contribution >= 0.6 is 11.6 Å². The van der Waals surface area contributed by atoms with Crippen LogP contribution in [0.25, 0.3) is 0 Å². The third-order valence-electron chi connectivity index (χ3n) is 0.612. The first kappa shape index (κ1) is 7.21. The van der Waals surface area contributed by atoms with Crippen molar-refractivity contribution in [3.63, 3.8) is 0 Å².